The van der Waals surface area contributed by atoms with E-state index in [0.717, 1.165) is 18.7 Å². The van der Waals surface area contributed by atoms with Crippen LogP contribution in [0.25, 0.3) is 0 Å². The Hall–Kier alpha value is -2.10. The summed E-state index contributed by atoms with van der Waals surface area (Å²) in [5.41, 5.74) is 5.05. The van der Waals surface area contributed by atoms with Gasteiger partial charge in [0.25, 0.3) is 5.91 Å². The first kappa shape index (κ1) is 18.7. The number of ether oxygens (including phenoxy) is 1. The molecule has 0 spiro atoms. The van der Waals surface area contributed by atoms with Crippen LogP contribution in [0.4, 0.5) is 0 Å². The first-order valence-electron chi connectivity index (χ1n) is 8.05. The van der Waals surface area contributed by atoms with Crippen molar-refractivity contribution in [1.29, 1.82) is 0 Å². The van der Waals surface area contributed by atoms with Crippen molar-refractivity contribution in [3.05, 3.63) is 41.4 Å². The van der Waals surface area contributed by atoms with Crippen LogP contribution >= 0.6 is 11.6 Å². The molecule has 8 nitrogen and oxygen atoms in total. The van der Waals surface area contributed by atoms with Crippen LogP contribution in [-0.2, 0) is 27.8 Å². The molecule has 0 unspecified atom stereocenters. The van der Waals surface area contributed by atoms with Crippen molar-refractivity contribution < 1.29 is 17.9 Å². The first-order chi connectivity index (χ1) is 12.3. The summed E-state index contributed by atoms with van der Waals surface area (Å²) in [5, 5.41) is 0.248. The number of carbonyl (C=O) groups is 1. The molecule has 0 aliphatic carbocycles. The smallest absolute Gasteiger partial charge is 0.255 e. The van der Waals surface area contributed by atoms with Gasteiger partial charge in [0.2, 0.25) is 10.0 Å². The topological polar surface area (TPSA) is 116 Å². The number of nitrogens with zero attached hydrogens (tertiary/aromatic N) is 2. The molecular formula is C16H19ClN4O4S. The van der Waals surface area contributed by atoms with E-state index in [1.165, 1.54) is 18.2 Å². The number of primary amides is 1. The van der Waals surface area contributed by atoms with Gasteiger partial charge >= 0.3 is 0 Å². The average Bonchev–Trinajstić information content (AvgIpc) is 3.06. The van der Waals surface area contributed by atoms with Crippen LogP contribution in [-0.4, -0.2) is 37.0 Å². The Morgan fingerprint density at radius 2 is 2.27 bits per heavy atom. The molecule has 1 aliphatic rings. The normalized spacial score (nSPS) is 16.9. The Morgan fingerprint density at radius 3 is 3.04 bits per heavy atom. The zero-order chi connectivity index (χ0) is 18.7. The highest BCUT2D eigenvalue weighted by Crippen LogP contribution is 2.27. The lowest BCUT2D eigenvalue weighted by atomic mass is 10.00. The molecule has 0 fully saturated rings. The van der Waals surface area contributed by atoms with Gasteiger partial charge in [-0.2, -0.15) is 0 Å². The number of hydrogen-bond donors (Lipinski definition) is 2. The minimum absolute atomic E-state index is 0.0289. The zero-order valence-corrected chi connectivity index (χ0v) is 15.5. The Morgan fingerprint density at radius 1 is 1.46 bits per heavy atom. The van der Waals surface area contributed by atoms with Gasteiger partial charge in [0.1, 0.15) is 16.5 Å². The number of aryl methyl sites for hydroxylation is 1. The molecule has 0 radical (unpaired) electrons. The monoisotopic (exact) mass is 398 g/mol. The molecular weight excluding hydrogens is 380 g/mol. The van der Waals surface area contributed by atoms with Gasteiger partial charge in [-0.1, -0.05) is 11.6 Å². The largest absolute Gasteiger partial charge is 0.482 e. The van der Waals surface area contributed by atoms with Crippen LogP contribution < -0.4 is 15.2 Å². The lowest BCUT2D eigenvalue weighted by molar-refractivity contribution is -0.120. The van der Waals surface area contributed by atoms with Crippen LogP contribution in [0.5, 0.6) is 5.75 Å². The number of nitrogens with one attached hydrogen (secondary N) is 1. The molecule has 1 atom stereocenters. The fourth-order valence-corrected chi connectivity index (χ4v) is 4.39. The molecule has 2 heterocycles. The highest BCUT2D eigenvalue weighted by molar-refractivity contribution is 7.89. The number of amides is 1. The SMILES string of the molecule is NC(=O)COc1ccc(Cl)cc1S(=O)(=O)NC[C@@H]1CCc2nccn2C1. The van der Waals surface area contributed by atoms with Gasteiger partial charge in [0, 0.05) is 36.9 Å². The van der Waals surface area contributed by atoms with Crippen molar-refractivity contribution in [1.82, 2.24) is 14.3 Å². The lowest BCUT2D eigenvalue weighted by Gasteiger charge is -2.24. The maximum absolute atomic E-state index is 12.7. The molecule has 0 bridgehead atoms. The van der Waals surface area contributed by atoms with Gasteiger partial charge in [-0.25, -0.2) is 18.1 Å². The summed E-state index contributed by atoms with van der Waals surface area (Å²) in [6, 6.07) is 4.17. The van der Waals surface area contributed by atoms with Gasteiger partial charge < -0.3 is 15.0 Å². The molecule has 1 aliphatic heterocycles. The molecule has 3 N–H and O–H groups in total. The summed E-state index contributed by atoms with van der Waals surface area (Å²) in [4.78, 5) is 15.0. The predicted octanol–water partition coefficient (Wildman–Crippen LogP) is 0.941. The van der Waals surface area contributed by atoms with Crippen LogP contribution in [0, 0.1) is 5.92 Å². The summed E-state index contributed by atoms with van der Waals surface area (Å²) < 4.78 is 35.2. The fraction of sp³-hybridized carbons (Fsp3) is 0.375. The Bertz CT molecular complexity index is 913. The maximum atomic E-state index is 12.7. The summed E-state index contributed by atoms with van der Waals surface area (Å²) in [6.07, 6.45) is 5.29. The van der Waals surface area contributed by atoms with Gasteiger partial charge in [-0.05, 0) is 30.5 Å². The third-order valence-electron chi connectivity index (χ3n) is 4.16. The molecule has 10 heteroatoms. The second-order valence-corrected chi connectivity index (χ2v) is 8.27. The van der Waals surface area contributed by atoms with Crippen molar-refractivity contribution in [3.63, 3.8) is 0 Å². The number of aromatic nitrogens is 2. The highest BCUT2D eigenvalue weighted by Gasteiger charge is 2.24. The molecule has 140 valence electrons. The number of hydrogen-bond acceptors (Lipinski definition) is 5. The van der Waals surface area contributed by atoms with Crippen LogP contribution in [0.2, 0.25) is 5.02 Å². The number of benzene rings is 1. The van der Waals surface area contributed by atoms with E-state index in [1.807, 2.05) is 10.8 Å². The maximum Gasteiger partial charge on any atom is 0.255 e. The van der Waals surface area contributed by atoms with E-state index in [9.17, 15) is 13.2 Å². The summed E-state index contributed by atoms with van der Waals surface area (Å²) in [7, 11) is -3.86. The molecule has 1 amide bonds. The second kappa shape index (κ2) is 7.65. The predicted molar refractivity (Wildman–Crippen MR) is 95.4 cm³/mol. The molecule has 1 aromatic heterocycles. The Labute approximate surface area is 156 Å². The molecule has 2 aromatic rings. The van der Waals surface area contributed by atoms with E-state index >= 15 is 0 Å². The van der Waals surface area contributed by atoms with Crippen molar-refractivity contribution in [2.75, 3.05) is 13.2 Å². The number of imidazole rings is 1. The Balaban J connectivity index is 1.72. The minimum Gasteiger partial charge on any atom is -0.482 e. The quantitative estimate of drug-likeness (QED) is 0.720. The van der Waals surface area contributed by atoms with E-state index in [2.05, 4.69) is 9.71 Å². The highest BCUT2D eigenvalue weighted by atomic mass is 35.5. The standard InChI is InChI=1S/C16H19ClN4O4S/c17-12-2-3-13(25-10-15(18)22)14(7-12)26(23,24)20-8-11-1-4-16-19-5-6-21(16)9-11/h2-3,5-7,11,20H,1,4,8-10H2,(H2,18,22)/t11-/m0/s1. The number of rotatable bonds is 7. The van der Waals surface area contributed by atoms with E-state index in [0.29, 0.717) is 6.54 Å². The van der Waals surface area contributed by atoms with Crippen molar-refractivity contribution in [2.24, 2.45) is 11.7 Å². The number of sulfonamides is 1. The zero-order valence-electron chi connectivity index (χ0n) is 13.9. The third kappa shape index (κ3) is 4.35. The van der Waals surface area contributed by atoms with E-state index in [4.69, 9.17) is 22.1 Å². The number of nitrogens with two attached hydrogens (primary N) is 1. The van der Waals surface area contributed by atoms with Crippen molar-refractivity contribution in [2.45, 2.75) is 24.3 Å². The number of halogens is 1. The fourth-order valence-electron chi connectivity index (χ4n) is 2.87. The van der Waals surface area contributed by atoms with E-state index in [1.54, 1.807) is 6.20 Å². The average molecular weight is 399 g/mol. The second-order valence-electron chi connectivity index (χ2n) is 6.10. The first-order valence-corrected chi connectivity index (χ1v) is 9.91. The number of carbonyl (C=O) groups excluding carboxylic acids is 1. The van der Waals surface area contributed by atoms with Gasteiger partial charge in [-0.15, -0.1) is 0 Å². The molecule has 0 saturated carbocycles. The lowest BCUT2D eigenvalue weighted by Crippen LogP contribution is -2.34. The van der Waals surface area contributed by atoms with Crippen LogP contribution in [0.1, 0.15) is 12.2 Å². The number of fused-ring (bicyclic) bond motifs is 1. The molecule has 1 aromatic carbocycles. The summed E-state index contributed by atoms with van der Waals surface area (Å²) >= 11 is 5.93. The summed E-state index contributed by atoms with van der Waals surface area (Å²) in [6.45, 7) is 0.566. The van der Waals surface area contributed by atoms with Crippen molar-refractivity contribution in [3.8, 4) is 5.75 Å². The molecule has 26 heavy (non-hydrogen) atoms. The van der Waals surface area contributed by atoms with E-state index in [-0.39, 0.29) is 28.1 Å². The van der Waals surface area contributed by atoms with Gasteiger partial charge in [-0.3, -0.25) is 4.79 Å². The van der Waals surface area contributed by atoms with Crippen LogP contribution in [0.15, 0.2) is 35.5 Å². The third-order valence-corrected chi connectivity index (χ3v) is 5.84. The summed E-state index contributed by atoms with van der Waals surface area (Å²) in [5.74, 6) is 0.498. The van der Waals surface area contributed by atoms with Crippen molar-refractivity contribution >= 4 is 27.5 Å². The van der Waals surface area contributed by atoms with Gasteiger partial charge in [0.05, 0.1) is 0 Å². The Kier molecular flexibility index (Phi) is 5.49. The van der Waals surface area contributed by atoms with Gasteiger partial charge in [0.15, 0.2) is 6.61 Å². The van der Waals surface area contributed by atoms with Crippen LogP contribution in [0.3, 0.4) is 0 Å². The molecule has 3 rings (SSSR count). The van der Waals surface area contributed by atoms with E-state index < -0.39 is 22.5 Å². The molecule has 0 saturated heterocycles. The minimum atomic E-state index is -3.86.